The molecule has 1 aliphatic heterocycles. The summed E-state index contributed by atoms with van der Waals surface area (Å²) in [6, 6.07) is 16.6. The van der Waals surface area contributed by atoms with E-state index in [0.717, 1.165) is 48.9 Å². The second-order valence-electron chi connectivity index (χ2n) is 9.82. The van der Waals surface area contributed by atoms with Gasteiger partial charge in [-0.15, -0.1) is 0 Å². The molecule has 5 rings (SSSR count). The van der Waals surface area contributed by atoms with E-state index in [1.165, 1.54) is 0 Å². The Balaban J connectivity index is 1.43. The summed E-state index contributed by atoms with van der Waals surface area (Å²) in [6.07, 6.45) is 3.88. The van der Waals surface area contributed by atoms with Crippen LogP contribution in [0.2, 0.25) is 0 Å². The number of nitriles is 1. The van der Waals surface area contributed by atoms with Crippen LogP contribution in [0.1, 0.15) is 67.7 Å². The first-order valence-electron chi connectivity index (χ1n) is 12.5. The summed E-state index contributed by atoms with van der Waals surface area (Å²) in [7, 11) is 0. The van der Waals surface area contributed by atoms with Crippen LogP contribution in [0.5, 0.6) is 0 Å². The van der Waals surface area contributed by atoms with Gasteiger partial charge in [0, 0.05) is 24.4 Å². The molecule has 0 bridgehead atoms. The number of carbonyl (C=O) groups excluding carboxylic acids is 2. The fourth-order valence-electron chi connectivity index (χ4n) is 5.79. The van der Waals surface area contributed by atoms with Crippen LogP contribution in [0.4, 0.5) is 10.5 Å². The van der Waals surface area contributed by atoms with E-state index in [1.54, 1.807) is 29.2 Å². The Kier molecular flexibility index (Phi) is 6.64. The third-order valence-corrected chi connectivity index (χ3v) is 7.51. The quantitative estimate of drug-likeness (QED) is 0.602. The summed E-state index contributed by atoms with van der Waals surface area (Å²) in [5.41, 5.74) is 3.03. The van der Waals surface area contributed by atoms with Crippen LogP contribution in [-0.2, 0) is 20.9 Å². The molecule has 0 spiro atoms. The predicted octanol–water partition coefficient (Wildman–Crippen LogP) is 4.78. The maximum atomic E-state index is 13.4. The molecule has 2 aromatic rings. The van der Waals surface area contributed by atoms with Crippen molar-refractivity contribution >= 4 is 23.7 Å². The number of carbonyl (C=O) groups is 3. The topological polar surface area (TPSA) is 111 Å². The monoisotopic (exact) mass is 487 g/mol. The van der Waals surface area contributed by atoms with E-state index in [1.807, 2.05) is 29.2 Å². The molecule has 2 fully saturated rings. The van der Waals surface area contributed by atoms with Crippen molar-refractivity contribution in [1.82, 2.24) is 4.90 Å². The number of para-hydroxylation sites is 1. The average Bonchev–Trinajstić information content (AvgIpc) is 3.61. The van der Waals surface area contributed by atoms with Gasteiger partial charge in [-0.25, -0.2) is 4.79 Å². The summed E-state index contributed by atoms with van der Waals surface area (Å²) in [5.74, 6) is -1.03. The van der Waals surface area contributed by atoms with Gasteiger partial charge in [0.15, 0.2) is 0 Å². The zero-order chi connectivity index (χ0) is 25.2. The number of aliphatic carboxylic acids is 1. The third-order valence-electron chi connectivity index (χ3n) is 7.51. The number of fused-ring (bicyclic) bond motifs is 2. The summed E-state index contributed by atoms with van der Waals surface area (Å²) < 4.78 is 5.73. The Labute approximate surface area is 210 Å². The molecule has 8 nitrogen and oxygen atoms in total. The van der Waals surface area contributed by atoms with E-state index >= 15 is 0 Å². The number of benzene rings is 2. The van der Waals surface area contributed by atoms with Crippen molar-refractivity contribution in [3.63, 3.8) is 0 Å². The minimum Gasteiger partial charge on any atom is -0.481 e. The van der Waals surface area contributed by atoms with Crippen molar-refractivity contribution in [2.45, 2.75) is 69.7 Å². The van der Waals surface area contributed by atoms with Gasteiger partial charge >= 0.3 is 12.1 Å². The van der Waals surface area contributed by atoms with Gasteiger partial charge in [-0.2, -0.15) is 5.26 Å². The highest BCUT2D eigenvalue weighted by molar-refractivity contribution is 5.91. The summed E-state index contributed by atoms with van der Waals surface area (Å²) in [5, 5.41) is 18.1. The van der Waals surface area contributed by atoms with E-state index in [0.29, 0.717) is 5.56 Å². The molecule has 186 valence electrons. The van der Waals surface area contributed by atoms with E-state index in [9.17, 15) is 14.4 Å². The fourth-order valence-corrected chi connectivity index (χ4v) is 5.79. The molecule has 0 aromatic heterocycles. The smallest absolute Gasteiger partial charge is 0.414 e. The van der Waals surface area contributed by atoms with Crippen LogP contribution in [-0.4, -0.2) is 40.1 Å². The van der Waals surface area contributed by atoms with Gasteiger partial charge < -0.3 is 14.7 Å². The number of rotatable bonds is 7. The van der Waals surface area contributed by atoms with Gasteiger partial charge in [0.2, 0.25) is 5.91 Å². The average molecular weight is 488 g/mol. The molecule has 36 heavy (non-hydrogen) atoms. The normalized spacial score (nSPS) is 22.2. The van der Waals surface area contributed by atoms with Gasteiger partial charge in [0.25, 0.3) is 0 Å². The highest BCUT2D eigenvalue weighted by Gasteiger charge is 2.51. The van der Waals surface area contributed by atoms with E-state index < -0.39 is 12.1 Å². The molecule has 2 aromatic carbocycles. The van der Waals surface area contributed by atoms with Crippen molar-refractivity contribution in [2.24, 2.45) is 5.92 Å². The Morgan fingerprint density at radius 3 is 2.47 bits per heavy atom. The number of carboxylic acids is 1. The Hall–Kier alpha value is -3.86. The second-order valence-corrected chi connectivity index (χ2v) is 9.82. The van der Waals surface area contributed by atoms with E-state index in [2.05, 4.69) is 6.07 Å². The lowest BCUT2D eigenvalue weighted by Gasteiger charge is -2.47. The molecule has 2 saturated carbocycles. The Morgan fingerprint density at radius 2 is 1.78 bits per heavy atom. The first-order chi connectivity index (χ1) is 17.5. The van der Waals surface area contributed by atoms with Crippen molar-refractivity contribution in [2.75, 3.05) is 4.90 Å². The molecule has 1 heterocycles. The Bertz CT molecular complexity index is 1200. The van der Waals surface area contributed by atoms with Gasteiger partial charge in [-0.3, -0.25) is 14.5 Å². The van der Waals surface area contributed by atoms with Gasteiger partial charge in [-0.05, 0) is 55.0 Å². The lowest BCUT2D eigenvalue weighted by molar-refractivity contribution is -0.142. The lowest BCUT2D eigenvalue weighted by atomic mass is 9.81. The van der Waals surface area contributed by atoms with Crippen LogP contribution >= 0.6 is 0 Å². The lowest BCUT2D eigenvalue weighted by Crippen LogP contribution is -2.53. The zero-order valence-electron chi connectivity index (χ0n) is 20.0. The van der Waals surface area contributed by atoms with E-state index in [-0.39, 0.29) is 49.4 Å². The summed E-state index contributed by atoms with van der Waals surface area (Å²) in [6.45, 7) is 0.103. The largest absolute Gasteiger partial charge is 0.481 e. The minimum absolute atomic E-state index is 0.0156. The minimum atomic E-state index is -0.974. The number of hydrogen-bond acceptors (Lipinski definition) is 5. The van der Waals surface area contributed by atoms with Crippen molar-refractivity contribution in [3.05, 3.63) is 65.2 Å². The van der Waals surface area contributed by atoms with Gasteiger partial charge in [0.1, 0.15) is 6.61 Å². The van der Waals surface area contributed by atoms with Crippen LogP contribution in [0.15, 0.2) is 48.5 Å². The number of hydrogen-bond donors (Lipinski definition) is 1. The van der Waals surface area contributed by atoms with Crippen LogP contribution < -0.4 is 4.90 Å². The van der Waals surface area contributed by atoms with Gasteiger partial charge in [0.05, 0.1) is 29.8 Å². The molecule has 2 aliphatic carbocycles. The maximum absolute atomic E-state index is 13.4. The molecule has 3 aliphatic rings. The van der Waals surface area contributed by atoms with Crippen molar-refractivity contribution < 1.29 is 24.2 Å². The van der Waals surface area contributed by atoms with Crippen molar-refractivity contribution in [3.8, 4) is 6.07 Å². The molecular weight excluding hydrogens is 458 g/mol. The first-order valence-corrected chi connectivity index (χ1v) is 12.5. The molecule has 0 radical (unpaired) electrons. The molecule has 8 heteroatoms. The maximum Gasteiger partial charge on any atom is 0.414 e. The summed E-state index contributed by atoms with van der Waals surface area (Å²) in [4.78, 5) is 41.6. The fraction of sp³-hybridized carbons (Fsp3) is 0.429. The number of anilines is 1. The predicted molar refractivity (Wildman–Crippen MR) is 131 cm³/mol. The molecular formula is C28H29N3O5. The molecule has 3 atom stereocenters. The SMILES string of the molecule is N#Cc1ccc(COC(=O)N2c3ccccc3C(N(C(=O)CCC(=O)O)C3CC3)C3CCCC32)cc1. The number of nitrogens with zero attached hydrogens (tertiary/aromatic N) is 3. The number of carboxylic acid groups (broad SMARTS) is 1. The molecule has 2 amide bonds. The molecule has 0 saturated heterocycles. The third kappa shape index (κ3) is 4.66. The Morgan fingerprint density at radius 1 is 1.03 bits per heavy atom. The van der Waals surface area contributed by atoms with Crippen LogP contribution in [0.25, 0.3) is 0 Å². The number of ether oxygens (including phenoxy) is 1. The standard InChI is InChI=1S/C28H29N3O5/c29-16-18-8-10-19(11-9-18)17-36-28(35)31-23-6-2-1-4-21(23)27(22-5-3-7-24(22)31)30(20-12-13-20)25(32)14-15-26(33)34/h1-2,4,6,8-11,20,22,24,27H,3,5,7,12-15,17H2,(H,33,34). The highest BCUT2D eigenvalue weighted by atomic mass is 16.6. The van der Waals surface area contributed by atoms with Crippen LogP contribution in [0.3, 0.4) is 0 Å². The van der Waals surface area contributed by atoms with Gasteiger partial charge in [-0.1, -0.05) is 36.8 Å². The highest BCUT2D eigenvalue weighted by Crippen LogP contribution is 2.52. The number of amides is 2. The summed E-state index contributed by atoms with van der Waals surface area (Å²) >= 11 is 0. The zero-order valence-corrected chi connectivity index (χ0v) is 20.0. The van der Waals surface area contributed by atoms with Crippen molar-refractivity contribution in [1.29, 1.82) is 5.26 Å². The molecule has 1 N–H and O–H groups in total. The second kappa shape index (κ2) is 10.0. The van der Waals surface area contributed by atoms with Crippen LogP contribution in [0, 0.1) is 17.2 Å². The molecule has 3 unspecified atom stereocenters. The first kappa shape index (κ1) is 23.9. The van der Waals surface area contributed by atoms with E-state index in [4.69, 9.17) is 15.1 Å².